The highest BCUT2D eigenvalue weighted by Gasteiger charge is 2.41. The fraction of sp³-hybridized carbons (Fsp3) is 0.444. The van der Waals surface area contributed by atoms with Crippen LogP contribution >= 0.6 is 11.3 Å². The van der Waals surface area contributed by atoms with Crippen LogP contribution in [0.2, 0.25) is 0 Å². The predicted octanol–water partition coefficient (Wildman–Crippen LogP) is 13.1. The van der Waals surface area contributed by atoms with E-state index in [1.54, 1.807) is 5.57 Å². The smallest absolute Gasteiger partial charge is 0.253 e. The molecule has 4 aliphatic rings. The third kappa shape index (κ3) is 8.62. The van der Waals surface area contributed by atoms with Gasteiger partial charge in [0, 0.05) is 28.0 Å². The van der Waals surface area contributed by atoms with E-state index < -0.39 is 0 Å². The molecule has 0 saturated carbocycles. The number of nitrogens with one attached hydrogen (secondary N) is 2. The third-order valence-electron chi connectivity index (χ3n) is 14.1. The lowest BCUT2D eigenvalue weighted by Crippen LogP contribution is -2.50. The predicted molar refractivity (Wildman–Crippen MR) is 259 cm³/mol. The molecule has 0 bridgehead atoms. The molecule has 3 aromatic rings. The minimum absolute atomic E-state index is 0.00331. The summed E-state index contributed by atoms with van der Waals surface area (Å²) in [6, 6.07) is 15.8. The zero-order valence-corrected chi connectivity index (χ0v) is 38.5. The minimum atomic E-state index is -0.276. The fourth-order valence-corrected chi connectivity index (χ4v) is 11.6. The van der Waals surface area contributed by atoms with E-state index in [0.717, 1.165) is 35.4 Å². The molecule has 0 amide bonds. The molecule has 310 valence electrons. The summed E-state index contributed by atoms with van der Waals surface area (Å²) in [6.45, 7) is 36.9. The first-order chi connectivity index (χ1) is 28.0. The Bertz CT molecular complexity index is 2240. The van der Waals surface area contributed by atoms with E-state index in [4.69, 9.17) is 4.74 Å². The number of ether oxygens (including phenoxy) is 1. The molecule has 0 fully saturated rings. The molecule has 7 rings (SSSR count). The third-order valence-corrected chi connectivity index (χ3v) is 15.2. The molecule has 59 heavy (non-hydrogen) atoms. The van der Waals surface area contributed by atoms with Gasteiger partial charge in [-0.15, -0.1) is 24.5 Å². The van der Waals surface area contributed by atoms with Crippen molar-refractivity contribution in [1.29, 1.82) is 0 Å². The number of thiophene rings is 1. The second-order valence-electron chi connectivity index (χ2n) is 20.0. The Morgan fingerprint density at radius 3 is 2.36 bits per heavy atom. The van der Waals surface area contributed by atoms with Crippen LogP contribution in [0.3, 0.4) is 0 Å². The van der Waals surface area contributed by atoms with Crippen LogP contribution in [-0.2, 0) is 10.8 Å². The maximum absolute atomic E-state index is 6.64. The van der Waals surface area contributed by atoms with Gasteiger partial charge in [-0.3, -0.25) is 0 Å². The summed E-state index contributed by atoms with van der Waals surface area (Å²) in [7, 11) is 0. The number of hydrogen-bond acceptors (Lipinski definition) is 4. The fourth-order valence-electron chi connectivity index (χ4n) is 10.3. The number of hydrogen-bond donors (Lipinski definition) is 2. The van der Waals surface area contributed by atoms with Gasteiger partial charge >= 0.3 is 0 Å². The lowest BCUT2D eigenvalue weighted by Gasteiger charge is -2.41. The Morgan fingerprint density at radius 1 is 0.983 bits per heavy atom. The van der Waals surface area contributed by atoms with Crippen LogP contribution in [-0.4, -0.2) is 30.9 Å². The number of fused-ring (bicyclic) bond motifs is 3. The van der Waals surface area contributed by atoms with Crippen molar-refractivity contribution in [3.8, 4) is 5.75 Å². The van der Waals surface area contributed by atoms with Crippen LogP contribution in [0.4, 0.5) is 0 Å². The first kappa shape index (κ1) is 43.0. The molecule has 5 heteroatoms. The molecule has 3 nitrogen and oxygen atoms in total. The summed E-state index contributed by atoms with van der Waals surface area (Å²) in [5.41, 5.74) is 12.2. The molecule has 3 aliphatic carbocycles. The molecule has 2 aromatic carbocycles. The number of rotatable bonds is 13. The molecular weight excluding hydrogens is 735 g/mol. The van der Waals surface area contributed by atoms with Crippen LogP contribution < -0.4 is 20.1 Å². The molecule has 0 radical (unpaired) electrons. The van der Waals surface area contributed by atoms with Gasteiger partial charge in [-0.2, -0.15) is 0 Å². The Morgan fingerprint density at radius 2 is 1.69 bits per heavy atom. The van der Waals surface area contributed by atoms with Crippen LogP contribution in [0.25, 0.3) is 15.7 Å². The minimum Gasteiger partial charge on any atom is -0.483 e. The van der Waals surface area contributed by atoms with E-state index in [-0.39, 0.29) is 47.2 Å². The summed E-state index contributed by atoms with van der Waals surface area (Å²) in [4.78, 5) is 0. The van der Waals surface area contributed by atoms with Crippen LogP contribution in [0.5, 0.6) is 5.75 Å². The molecule has 5 unspecified atom stereocenters. The largest absolute Gasteiger partial charge is 0.483 e. The molecule has 0 spiro atoms. The summed E-state index contributed by atoms with van der Waals surface area (Å²) >= 11 is 1.97. The summed E-state index contributed by atoms with van der Waals surface area (Å²) in [5, 5.41) is 9.66. The number of allylic oxidation sites excluding steroid dienone is 6. The van der Waals surface area contributed by atoms with E-state index in [1.165, 1.54) is 68.2 Å². The zero-order valence-electron chi connectivity index (χ0n) is 37.7. The van der Waals surface area contributed by atoms with Crippen molar-refractivity contribution in [2.24, 2.45) is 11.3 Å². The molecule has 1 aliphatic heterocycles. The average Bonchev–Trinajstić information content (AvgIpc) is 3.77. The summed E-state index contributed by atoms with van der Waals surface area (Å²) < 4.78 is 9.37. The topological polar surface area (TPSA) is 33.3 Å². The Hall–Kier alpha value is -4.06. The van der Waals surface area contributed by atoms with Crippen LogP contribution in [0.1, 0.15) is 124 Å². The Kier molecular flexibility index (Phi) is 12.2. The van der Waals surface area contributed by atoms with Gasteiger partial charge in [0.05, 0.1) is 6.04 Å². The van der Waals surface area contributed by atoms with Gasteiger partial charge in [-0.25, -0.2) is 0 Å². The van der Waals surface area contributed by atoms with E-state index in [9.17, 15) is 0 Å². The highest BCUT2D eigenvalue weighted by Crippen LogP contribution is 2.48. The molecule has 2 heterocycles. The molecule has 5 atom stereocenters. The zero-order chi connectivity index (χ0) is 42.4. The van der Waals surface area contributed by atoms with Gasteiger partial charge in [-0.05, 0) is 144 Å². The molecule has 2 N–H and O–H groups in total. The van der Waals surface area contributed by atoms with Gasteiger partial charge in [0.2, 0.25) is 0 Å². The first-order valence-electron chi connectivity index (χ1n) is 22.2. The van der Waals surface area contributed by atoms with Crippen molar-refractivity contribution < 1.29 is 4.74 Å². The van der Waals surface area contributed by atoms with Crippen molar-refractivity contribution >= 4 is 38.5 Å². The van der Waals surface area contributed by atoms with Crippen LogP contribution in [0.15, 0.2) is 133 Å². The highest BCUT2D eigenvalue weighted by atomic mass is 32.1. The van der Waals surface area contributed by atoms with Crippen molar-refractivity contribution in [3.05, 3.63) is 149 Å². The van der Waals surface area contributed by atoms with Crippen LogP contribution in [0, 0.1) is 11.3 Å². The summed E-state index contributed by atoms with van der Waals surface area (Å²) in [5.74, 6) is 1.45. The summed E-state index contributed by atoms with van der Waals surface area (Å²) in [6.07, 6.45) is 22.4. The van der Waals surface area contributed by atoms with E-state index in [2.05, 4.69) is 166 Å². The second-order valence-corrected chi connectivity index (χ2v) is 21.1. The molecule has 1 aromatic heterocycles. The van der Waals surface area contributed by atoms with Gasteiger partial charge in [0.1, 0.15) is 11.9 Å². The standard InChI is InChI=1S/C54H69BN2OS/c1-14-20-39(15-2)55(49-31-37-30-42-43(32-48(37)59-49)54(12,13)26-25-53(42,10)11)50-45(56-40(16-3)29-38-33-52(8,9)24-23-35(38)6)27-34(5)28-46(50)57-44(17-4)51-36(7)41-21-18-19-22-47(41)58-51/h14-22,28,30-33,35,40,44-45,51,56-57H,3-4,7,23-27,29H2,1-2,5-6,8-13H3/b20-14-,39-15+. The maximum Gasteiger partial charge on any atom is 0.253 e. The van der Waals surface area contributed by atoms with Gasteiger partial charge in [-0.1, -0.05) is 126 Å². The lowest BCUT2D eigenvalue weighted by molar-refractivity contribution is 0.247. The van der Waals surface area contributed by atoms with Gasteiger partial charge in [0.25, 0.3) is 6.71 Å². The molecule has 0 saturated heterocycles. The lowest BCUT2D eigenvalue weighted by atomic mass is 9.36. The van der Waals surface area contributed by atoms with Crippen molar-refractivity contribution in [3.63, 3.8) is 0 Å². The quantitative estimate of drug-likeness (QED) is 0.103. The Labute approximate surface area is 361 Å². The number of para-hydroxylation sites is 1. The first-order valence-corrected chi connectivity index (χ1v) is 23.0. The second kappa shape index (κ2) is 16.8. The van der Waals surface area contributed by atoms with Gasteiger partial charge < -0.3 is 15.4 Å². The van der Waals surface area contributed by atoms with E-state index in [1.807, 2.05) is 29.5 Å². The van der Waals surface area contributed by atoms with Crippen molar-refractivity contribution in [2.75, 3.05) is 0 Å². The molecular formula is C54H69BN2OS. The van der Waals surface area contributed by atoms with Crippen molar-refractivity contribution in [1.82, 2.24) is 10.6 Å². The number of benzene rings is 2. The van der Waals surface area contributed by atoms with Crippen molar-refractivity contribution in [2.45, 2.75) is 143 Å². The normalized spacial score (nSPS) is 24.5. The average molecular weight is 805 g/mol. The highest BCUT2D eigenvalue weighted by molar-refractivity contribution is 7.30. The SMILES string of the molecule is C=CC(CC1=CC(C)(C)CCC1C)NC1CC(C)=CC(NC(C=C)C2Oc3ccccc3C2=C)=C1B(C(/C=C\C)=C/C)c1cc2cc3c(cc2s1)C(C)(C)CCC3(C)C. The van der Waals surface area contributed by atoms with E-state index >= 15 is 0 Å². The maximum atomic E-state index is 6.64. The monoisotopic (exact) mass is 805 g/mol. The Balaban J connectivity index is 1.39. The van der Waals surface area contributed by atoms with Gasteiger partial charge in [0.15, 0.2) is 0 Å². The van der Waals surface area contributed by atoms with E-state index in [0.29, 0.717) is 5.92 Å².